The Hall–Kier alpha value is -1.63. The lowest BCUT2D eigenvalue weighted by molar-refractivity contribution is -0.156. The molecule has 2 saturated heterocycles. The van der Waals surface area contributed by atoms with Gasteiger partial charge in [-0.15, -0.1) is 0 Å². The van der Waals surface area contributed by atoms with E-state index in [9.17, 15) is 14.7 Å². The molecule has 146 valence electrons. The first-order valence-electron chi connectivity index (χ1n) is 9.68. The van der Waals surface area contributed by atoms with E-state index >= 15 is 0 Å². The lowest BCUT2D eigenvalue weighted by atomic mass is 9.68. The van der Waals surface area contributed by atoms with Gasteiger partial charge in [-0.2, -0.15) is 0 Å². The molecule has 3 N–H and O–H groups in total. The molecule has 1 saturated carbocycles. The number of fused-ring (bicyclic) bond motifs is 1. The van der Waals surface area contributed by atoms with Gasteiger partial charge < -0.3 is 20.6 Å². The van der Waals surface area contributed by atoms with Gasteiger partial charge in [0.1, 0.15) is 12.6 Å². The van der Waals surface area contributed by atoms with Crippen molar-refractivity contribution < 1.29 is 14.7 Å². The molecule has 3 aliphatic rings. The van der Waals surface area contributed by atoms with Crippen LogP contribution in [0.25, 0.3) is 0 Å². The lowest BCUT2D eigenvalue weighted by Crippen LogP contribution is -2.61. The van der Waals surface area contributed by atoms with Crippen molar-refractivity contribution in [1.29, 1.82) is 0 Å². The van der Waals surface area contributed by atoms with Crippen molar-refractivity contribution in [3.63, 3.8) is 0 Å². The van der Waals surface area contributed by atoms with Gasteiger partial charge in [0.25, 0.3) is 0 Å². The summed E-state index contributed by atoms with van der Waals surface area (Å²) in [4.78, 5) is 28.7. The fourth-order valence-corrected chi connectivity index (χ4v) is 5.22. The molecule has 6 nitrogen and oxygen atoms in total. The molecule has 2 atom stereocenters. The van der Waals surface area contributed by atoms with Crippen LogP contribution in [0.3, 0.4) is 0 Å². The zero-order valence-electron chi connectivity index (χ0n) is 15.3. The van der Waals surface area contributed by atoms with Crippen LogP contribution in [-0.4, -0.2) is 64.5 Å². The molecule has 2 aliphatic heterocycles. The summed E-state index contributed by atoms with van der Waals surface area (Å²) in [6.45, 7) is 0.938. The van der Waals surface area contributed by atoms with Crippen LogP contribution >= 0.6 is 11.6 Å². The van der Waals surface area contributed by atoms with E-state index in [-0.39, 0.29) is 36.4 Å². The van der Waals surface area contributed by atoms with Crippen molar-refractivity contribution in [1.82, 2.24) is 9.80 Å². The number of rotatable bonds is 3. The molecule has 0 spiro atoms. The third-order valence-corrected chi connectivity index (χ3v) is 6.89. The Labute approximate surface area is 164 Å². The number of nitrogens with two attached hydrogens (primary N) is 1. The molecular weight excluding hydrogens is 366 g/mol. The molecule has 1 aromatic rings. The van der Waals surface area contributed by atoms with Crippen LogP contribution < -0.4 is 5.73 Å². The number of benzene rings is 1. The predicted molar refractivity (Wildman–Crippen MR) is 102 cm³/mol. The summed E-state index contributed by atoms with van der Waals surface area (Å²) < 4.78 is 0. The van der Waals surface area contributed by atoms with Gasteiger partial charge in [0.15, 0.2) is 0 Å². The topological polar surface area (TPSA) is 86.9 Å². The summed E-state index contributed by atoms with van der Waals surface area (Å²) in [5.41, 5.74) is 7.20. The smallest absolute Gasteiger partial charge is 0.246 e. The summed E-state index contributed by atoms with van der Waals surface area (Å²) in [5, 5.41) is 10.6. The van der Waals surface area contributed by atoms with Crippen LogP contribution in [-0.2, 0) is 15.0 Å². The highest BCUT2D eigenvalue weighted by molar-refractivity contribution is 6.30. The largest absolute Gasteiger partial charge is 0.391 e. The Morgan fingerprint density at radius 1 is 1.22 bits per heavy atom. The number of piperazine rings is 1. The molecule has 27 heavy (non-hydrogen) atoms. The summed E-state index contributed by atoms with van der Waals surface area (Å²) >= 11 is 6.18. The van der Waals surface area contributed by atoms with Crippen molar-refractivity contribution in [2.45, 2.75) is 55.7 Å². The summed E-state index contributed by atoms with van der Waals surface area (Å²) in [6, 6.07) is 7.44. The second-order valence-electron chi connectivity index (χ2n) is 8.14. The van der Waals surface area contributed by atoms with Gasteiger partial charge in [0.2, 0.25) is 11.8 Å². The average molecular weight is 392 g/mol. The van der Waals surface area contributed by atoms with E-state index < -0.39 is 12.1 Å². The highest BCUT2D eigenvalue weighted by atomic mass is 35.5. The molecule has 3 fully saturated rings. The number of aliphatic hydroxyl groups is 1. The second-order valence-corrected chi connectivity index (χ2v) is 8.58. The van der Waals surface area contributed by atoms with E-state index in [0.717, 1.165) is 31.2 Å². The molecule has 0 bridgehead atoms. The van der Waals surface area contributed by atoms with Gasteiger partial charge in [-0.25, -0.2) is 0 Å². The van der Waals surface area contributed by atoms with Crippen LogP contribution in [0, 0.1) is 0 Å². The molecular formula is C20H26ClN3O3. The molecule has 7 heteroatoms. The molecule has 1 aromatic carbocycles. The molecule has 1 aliphatic carbocycles. The highest BCUT2D eigenvalue weighted by Crippen LogP contribution is 2.41. The van der Waals surface area contributed by atoms with Gasteiger partial charge in [-0.1, -0.05) is 23.7 Å². The van der Waals surface area contributed by atoms with Crippen LogP contribution in [0.2, 0.25) is 5.02 Å². The Balaban J connectivity index is 1.49. The SMILES string of the molecule is NCC1(c2cccc(Cl)c2)CCC(N2CC(=O)N3C[C@H](O)C[C@H]3C2=O)CC1. The number of aliphatic hydroxyl groups excluding tert-OH is 1. The minimum atomic E-state index is -0.595. The Morgan fingerprint density at radius 3 is 2.63 bits per heavy atom. The van der Waals surface area contributed by atoms with Crippen molar-refractivity contribution >= 4 is 23.4 Å². The van der Waals surface area contributed by atoms with Crippen LogP contribution in [0.1, 0.15) is 37.7 Å². The molecule has 0 aromatic heterocycles. The molecule has 0 radical (unpaired) electrons. The summed E-state index contributed by atoms with van der Waals surface area (Å²) in [6.07, 6.45) is 3.12. The highest BCUT2D eigenvalue weighted by Gasteiger charge is 2.48. The van der Waals surface area contributed by atoms with Crippen molar-refractivity contribution in [2.24, 2.45) is 5.73 Å². The first-order chi connectivity index (χ1) is 12.9. The van der Waals surface area contributed by atoms with Gasteiger partial charge in [-0.3, -0.25) is 9.59 Å². The predicted octanol–water partition coefficient (Wildman–Crippen LogP) is 1.28. The van der Waals surface area contributed by atoms with E-state index in [2.05, 4.69) is 6.07 Å². The van der Waals surface area contributed by atoms with E-state index in [0.29, 0.717) is 18.0 Å². The zero-order valence-corrected chi connectivity index (χ0v) is 16.1. The van der Waals surface area contributed by atoms with Crippen LogP contribution in [0.15, 0.2) is 24.3 Å². The second kappa shape index (κ2) is 7.08. The van der Waals surface area contributed by atoms with Crippen molar-refractivity contribution in [3.05, 3.63) is 34.9 Å². The zero-order chi connectivity index (χ0) is 19.2. The number of nitrogens with zero attached hydrogens (tertiary/aromatic N) is 2. The van der Waals surface area contributed by atoms with Gasteiger partial charge >= 0.3 is 0 Å². The maximum atomic E-state index is 12.9. The normalized spacial score (nSPS) is 34.1. The van der Waals surface area contributed by atoms with E-state index in [1.54, 1.807) is 9.80 Å². The molecule has 0 unspecified atom stereocenters. The number of halogens is 1. The molecule has 4 rings (SSSR count). The summed E-state index contributed by atoms with van der Waals surface area (Å²) in [5.74, 6) is -0.0687. The van der Waals surface area contributed by atoms with Crippen molar-refractivity contribution in [2.75, 3.05) is 19.6 Å². The average Bonchev–Trinajstić information content (AvgIpc) is 3.07. The van der Waals surface area contributed by atoms with Gasteiger partial charge in [0, 0.05) is 36.0 Å². The number of hydrogen-bond donors (Lipinski definition) is 2. The number of hydrogen-bond acceptors (Lipinski definition) is 4. The lowest BCUT2D eigenvalue weighted by Gasteiger charge is -2.46. The number of carbonyl (C=O) groups excluding carboxylic acids is 2. The van der Waals surface area contributed by atoms with Crippen LogP contribution in [0.4, 0.5) is 0 Å². The maximum Gasteiger partial charge on any atom is 0.246 e. The minimum Gasteiger partial charge on any atom is -0.391 e. The monoisotopic (exact) mass is 391 g/mol. The summed E-state index contributed by atoms with van der Waals surface area (Å²) in [7, 11) is 0. The van der Waals surface area contributed by atoms with Gasteiger partial charge in [0.05, 0.1) is 6.10 Å². The number of carbonyl (C=O) groups is 2. The Bertz CT molecular complexity index is 748. The van der Waals surface area contributed by atoms with E-state index in [1.165, 1.54) is 0 Å². The van der Waals surface area contributed by atoms with E-state index in [4.69, 9.17) is 17.3 Å². The molecule has 2 amide bonds. The fourth-order valence-electron chi connectivity index (χ4n) is 5.03. The third kappa shape index (κ3) is 3.24. The van der Waals surface area contributed by atoms with Crippen molar-refractivity contribution in [3.8, 4) is 0 Å². The minimum absolute atomic E-state index is 0.0147. The fraction of sp³-hybridized carbons (Fsp3) is 0.600. The first kappa shape index (κ1) is 18.7. The van der Waals surface area contributed by atoms with Gasteiger partial charge in [-0.05, 0) is 43.4 Å². The number of amides is 2. The van der Waals surface area contributed by atoms with E-state index in [1.807, 2.05) is 18.2 Å². The Morgan fingerprint density at radius 2 is 1.96 bits per heavy atom. The Kier molecular flexibility index (Phi) is 4.91. The first-order valence-corrected chi connectivity index (χ1v) is 10.1. The molecule has 2 heterocycles. The third-order valence-electron chi connectivity index (χ3n) is 6.65. The standard InChI is InChI=1S/C20H26ClN3O3/c21-14-3-1-2-13(8-14)20(12-22)6-4-15(5-7-20)23-11-18(26)24-10-16(25)9-17(24)19(23)27/h1-3,8,15-17,25H,4-7,9-12,22H2/t15?,16-,17+,20?/m1/s1. The maximum absolute atomic E-state index is 12.9. The van der Waals surface area contributed by atoms with Crippen LogP contribution in [0.5, 0.6) is 0 Å². The quantitative estimate of drug-likeness (QED) is 0.812.